The molecule has 4 N–H and O–H groups in total. The summed E-state index contributed by atoms with van der Waals surface area (Å²) in [6, 6.07) is 4.83. The molecule has 0 radical (unpaired) electrons. The number of guanidine groups is 1. The van der Waals surface area contributed by atoms with Crippen LogP contribution in [0.4, 0.5) is 5.69 Å². The SMILES string of the molecule is Cc1c(CN=C(N)N)cccc1[N+](=O)[O-].Cl. The van der Waals surface area contributed by atoms with Crippen LogP contribution in [0.25, 0.3) is 0 Å². The fraction of sp³-hybridized carbons (Fsp3) is 0.222. The van der Waals surface area contributed by atoms with Crippen molar-refractivity contribution in [2.75, 3.05) is 0 Å². The topological polar surface area (TPSA) is 108 Å². The Kier molecular flexibility index (Phi) is 5.24. The summed E-state index contributed by atoms with van der Waals surface area (Å²) < 4.78 is 0. The third-order valence-electron chi connectivity index (χ3n) is 2.05. The van der Waals surface area contributed by atoms with Gasteiger partial charge >= 0.3 is 0 Å². The molecule has 0 aliphatic heterocycles. The molecule has 88 valence electrons. The Hall–Kier alpha value is -1.82. The van der Waals surface area contributed by atoms with Crippen LogP contribution >= 0.6 is 12.4 Å². The normalized spacial score (nSPS) is 9.06. The minimum Gasteiger partial charge on any atom is -0.370 e. The number of nitrogens with two attached hydrogens (primary N) is 2. The Bertz CT molecular complexity index is 416. The molecule has 0 unspecified atom stereocenters. The van der Waals surface area contributed by atoms with Crippen LogP contribution in [0.1, 0.15) is 11.1 Å². The number of halogens is 1. The molecule has 0 aliphatic rings. The van der Waals surface area contributed by atoms with Gasteiger partial charge in [0.05, 0.1) is 11.5 Å². The van der Waals surface area contributed by atoms with E-state index in [4.69, 9.17) is 11.5 Å². The molecular weight excluding hydrogens is 232 g/mol. The molecule has 0 atom stereocenters. The number of hydrogen-bond acceptors (Lipinski definition) is 3. The number of nitro groups is 1. The predicted molar refractivity (Wildman–Crippen MR) is 64.6 cm³/mol. The van der Waals surface area contributed by atoms with E-state index in [0.29, 0.717) is 5.56 Å². The first kappa shape index (κ1) is 14.2. The summed E-state index contributed by atoms with van der Waals surface area (Å²) in [5, 5.41) is 10.6. The smallest absolute Gasteiger partial charge is 0.272 e. The second-order valence-corrected chi connectivity index (χ2v) is 3.06. The molecule has 16 heavy (non-hydrogen) atoms. The first-order chi connectivity index (χ1) is 7.02. The van der Waals surface area contributed by atoms with Gasteiger partial charge in [-0.25, -0.2) is 4.99 Å². The van der Waals surface area contributed by atoms with Crippen LogP contribution in [-0.4, -0.2) is 10.9 Å². The van der Waals surface area contributed by atoms with Crippen molar-refractivity contribution < 1.29 is 4.92 Å². The van der Waals surface area contributed by atoms with Gasteiger partial charge in [-0.05, 0) is 12.5 Å². The molecule has 1 aromatic rings. The van der Waals surface area contributed by atoms with E-state index in [9.17, 15) is 10.1 Å². The van der Waals surface area contributed by atoms with E-state index in [0.717, 1.165) is 5.56 Å². The van der Waals surface area contributed by atoms with Crippen molar-refractivity contribution >= 4 is 24.1 Å². The van der Waals surface area contributed by atoms with Crippen molar-refractivity contribution in [2.45, 2.75) is 13.5 Å². The first-order valence-electron chi connectivity index (χ1n) is 4.30. The van der Waals surface area contributed by atoms with Crippen LogP contribution in [0.5, 0.6) is 0 Å². The molecule has 1 rings (SSSR count). The van der Waals surface area contributed by atoms with Crippen LogP contribution in [0.15, 0.2) is 23.2 Å². The fourth-order valence-corrected chi connectivity index (χ4v) is 1.22. The highest BCUT2D eigenvalue weighted by Crippen LogP contribution is 2.21. The molecule has 0 heterocycles. The summed E-state index contributed by atoms with van der Waals surface area (Å²) in [6.45, 7) is 1.94. The summed E-state index contributed by atoms with van der Waals surface area (Å²) in [6.07, 6.45) is 0. The summed E-state index contributed by atoms with van der Waals surface area (Å²) in [7, 11) is 0. The molecule has 0 bridgehead atoms. The number of hydrogen-bond donors (Lipinski definition) is 2. The average Bonchev–Trinajstić information content (AvgIpc) is 2.15. The standard InChI is InChI=1S/C9H12N4O2.ClH/c1-6-7(5-12-9(10)11)3-2-4-8(6)13(14)15;/h2-4H,5H2,1H3,(H4,10,11,12);1H. The lowest BCUT2D eigenvalue weighted by molar-refractivity contribution is -0.385. The van der Waals surface area contributed by atoms with Gasteiger partial charge in [-0.1, -0.05) is 12.1 Å². The molecule has 6 nitrogen and oxygen atoms in total. The van der Waals surface area contributed by atoms with Crippen LogP contribution in [0.2, 0.25) is 0 Å². The molecule has 0 fully saturated rings. The second kappa shape index (κ2) is 5.92. The summed E-state index contributed by atoms with van der Waals surface area (Å²) in [4.78, 5) is 14.0. The lowest BCUT2D eigenvalue weighted by Crippen LogP contribution is -2.22. The zero-order chi connectivity index (χ0) is 11.4. The average molecular weight is 245 g/mol. The summed E-state index contributed by atoms with van der Waals surface area (Å²) in [5.74, 6) is -0.0269. The number of nitro benzene ring substituents is 1. The van der Waals surface area contributed by atoms with Gasteiger partial charge in [-0.15, -0.1) is 12.4 Å². The van der Waals surface area contributed by atoms with Crippen molar-refractivity contribution in [3.8, 4) is 0 Å². The van der Waals surface area contributed by atoms with Crippen molar-refractivity contribution in [1.82, 2.24) is 0 Å². The maximum Gasteiger partial charge on any atom is 0.272 e. The maximum atomic E-state index is 10.6. The Morgan fingerprint density at radius 2 is 2.12 bits per heavy atom. The highest BCUT2D eigenvalue weighted by atomic mass is 35.5. The van der Waals surface area contributed by atoms with Crippen molar-refractivity contribution in [1.29, 1.82) is 0 Å². The van der Waals surface area contributed by atoms with E-state index in [1.165, 1.54) is 6.07 Å². The highest BCUT2D eigenvalue weighted by molar-refractivity contribution is 5.85. The zero-order valence-corrected chi connectivity index (χ0v) is 9.53. The van der Waals surface area contributed by atoms with Crippen LogP contribution < -0.4 is 11.5 Å². The van der Waals surface area contributed by atoms with Gasteiger partial charge in [-0.2, -0.15) is 0 Å². The van der Waals surface area contributed by atoms with Gasteiger partial charge < -0.3 is 11.5 Å². The van der Waals surface area contributed by atoms with Crippen molar-refractivity contribution in [3.63, 3.8) is 0 Å². The van der Waals surface area contributed by atoms with Crippen LogP contribution in [0, 0.1) is 17.0 Å². The lowest BCUT2D eigenvalue weighted by atomic mass is 10.1. The number of benzene rings is 1. The lowest BCUT2D eigenvalue weighted by Gasteiger charge is -2.03. The van der Waals surface area contributed by atoms with E-state index in [1.807, 2.05) is 0 Å². The summed E-state index contributed by atoms with van der Waals surface area (Å²) >= 11 is 0. The third-order valence-corrected chi connectivity index (χ3v) is 2.05. The van der Waals surface area contributed by atoms with E-state index in [-0.39, 0.29) is 30.6 Å². The summed E-state index contributed by atoms with van der Waals surface area (Å²) in [5.41, 5.74) is 11.8. The van der Waals surface area contributed by atoms with Gasteiger partial charge in [0.1, 0.15) is 0 Å². The predicted octanol–water partition coefficient (Wildman–Crippen LogP) is 1.10. The monoisotopic (exact) mass is 244 g/mol. The van der Waals surface area contributed by atoms with Crippen molar-refractivity contribution in [2.24, 2.45) is 16.5 Å². The minimum atomic E-state index is -0.422. The zero-order valence-electron chi connectivity index (χ0n) is 8.71. The molecule has 0 amide bonds. The molecule has 0 aromatic heterocycles. The van der Waals surface area contributed by atoms with E-state index >= 15 is 0 Å². The molecule has 0 spiro atoms. The highest BCUT2D eigenvalue weighted by Gasteiger charge is 2.12. The third kappa shape index (κ3) is 3.39. The maximum absolute atomic E-state index is 10.6. The van der Waals surface area contributed by atoms with Crippen LogP contribution in [-0.2, 0) is 6.54 Å². The molecule has 7 heteroatoms. The van der Waals surface area contributed by atoms with E-state index < -0.39 is 4.92 Å². The fourth-order valence-electron chi connectivity index (χ4n) is 1.22. The Balaban J connectivity index is 0.00000225. The van der Waals surface area contributed by atoms with Gasteiger partial charge in [0.25, 0.3) is 5.69 Å². The minimum absolute atomic E-state index is 0. The van der Waals surface area contributed by atoms with Gasteiger partial charge in [-0.3, -0.25) is 10.1 Å². The molecule has 0 saturated heterocycles. The quantitative estimate of drug-likeness (QED) is 0.359. The Labute approximate surface area is 98.9 Å². The number of aliphatic imine (C=N–C) groups is 1. The van der Waals surface area contributed by atoms with Crippen LogP contribution in [0.3, 0.4) is 0 Å². The second-order valence-electron chi connectivity index (χ2n) is 3.06. The van der Waals surface area contributed by atoms with E-state index in [2.05, 4.69) is 4.99 Å². The molecular formula is C9H13ClN4O2. The van der Waals surface area contributed by atoms with Gasteiger partial charge in [0, 0.05) is 11.6 Å². The number of rotatable bonds is 3. The van der Waals surface area contributed by atoms with Crippen molar-refractivity contribution in [3.05, 3.63) is 39.4 Å². The molecule has 0 saturated carbocycles. The Morgan fingerprint density at radius 3 is 2.62 bits per heavy atom. The molecule has 1 aromatic carbocycles. The molecule has 0 aliphatic carbocycles. The van der Waals surface area contributed by atoms with Gasteiger partial charge in [0.15, 0.2) is 5.96 Å². The largest absolute Gasteiger partial charge is 0.370 e. The van der Waals surface area contributed by atoms with Gasteiger partial charge in [0.2, 0.25) is 0 Å². The van der Waals surface area contributed by atoms with E-state index in [1.54, 1.807) is 19.1 Å². The Morgan fingerprint density at radius 1 is 1.50 bits per heavy atom. The first-order valence-corrected chi connectivity index (χ1v) is 4.30. The number of nitrogens with zero attached hydrogens (tertiary/aromatic N) is 2.